The van der Waals surface area contributed by atoms with Gasteiger partial charge in [-0.05, 0) is 43.3 Å². The van der Waals surface area contributed by atoms with Crippen molar-refractivity contribution < 1.29 is 18.3 Å². The number of benzene rings is 2. The summed E-state index contributed by atoms with van der Waals surface area (Å²) in [7, 11) is 0. The zero-order valence-corrected chi connectivity index (χ0v) is 12.9. The number of fused-ring (bicyclic) bond motifs is 1. The summed E-state index contributed by atoms with van der Waals surface area (Å²) in [6, 6.07) is 8.41. The molecule has 0 saturated carbocycles. The largest absolute Gasteiger partial charge is 0.494 e. The third-order valence-corrected chi connectivity index (χ3v) is 4.01. The van der Waals surface area contributed by atoms with Gasteiger partial charge in [0.25, 0.3) is 5.91 Å². The fourth-order valence-corrected chi connectivity index (χ4v) is 2.91. The molecule has 1 N–H and O–H groups in total. The van der Waals surface area contributed by atoms with Gasteiger partial charge in [-0.15, -0.1) is 0 Å². The Morgan fingerprint density at radius 2 is 2.04 bits per heavy atom. The molecule has 0 spiro atoms. The molecule has 0 unspecified atom stereocenters. The SMILES string of the molecule is CCOc1ccc2nc(NC(=O)c3ccc(F)c(F)c3)sc2c1. The van der Waals surface area contributed by atoms with Crippen LogP contribution in [0.2, 0.25) is 0 Å². The van der Waals surface area contributed by atoms with Crippen LogP contribution in [0.3, 0.4) is 0 Å². The Bertz CT molecular complexity index is 880. The van der Waals surface area contributed by atoms with Crippen LogP contribution in [0.25, 0.3) is 10.2 Å². The van der Waals surface area contributed by atoms with Gasteiger partial charge in [-0.1, -0.05) is 11.3 Å². The fourth-order valence-electron chi connectivity index (χ4n) is 2.02. The van der Waals surface area contributed by atoms with Crippen molar-refractivity contribution in [3.8, 4) is 5.75 Å². The molecule has 3 aromatic rings. The maximum Gasteiger partial charge on any atom is 0.257 e. The number of aromatic nitrogens is 1. The molecule has 0 saturated heterocycles. The number of nitrogens with zero attached hydrogens (tertiary/aromatic N) is 1. The van der Waals surface area contributed by atoms with Crippen LogP contribution < -0.4 is 10.1 Å². The second-order valence-corrected chi connectivity index (χ2v) is 5.70. The van der Waals surface area contributed by atoms with Gasteiger partial charge in [0.2, 0.25) is 0 Å². The molecule has 0 bridgehead atoms. The van der Waals surface area contributed by atoms with Gasteiger partial charge < -0.3 is 4.74 Å². The molecule has 0 aliphatic rings. The third-order valence-electron chi connectivity index (χ3n) is 3.07. The Hall–Kier alpha value is -2.54. The van der Waals surface area contributed by atoms with Crippen LogP contribution in [0.4, 0.5) is 13.9 Å². The minimum Gasteiger partial charge on any atom is -0.494 e. The van der Waals surface area contributed by atoms with Crippen LogP contribution in [-0.4, -0.2) is 17.5 Å². The Morgan fingerprint density at radius 3 is 2.78 bits per heavy atom. The predicted molar refractivity (Wildman–Crippen MR) is 85.1 cm³/mol. The number of anilines is 1. The minimum absolute atomic E-state index is 0.0261. The first-order chi connectivity index (χ1) is 11.1. The Morgan fingerprint density at radius 1 is 1.22 bits per heavy atom. The summed E-state index contributed by atoms with van der Waals surface area (Å²) in [4.78, 5) is 16.3. The van der Waals surface area contributed by atoms with E-state index in [0.29, 0.717) is 11.7 Å². The van der Waals surface area contributed by atoms with Crippen molar-refractivity contribution in [2.24, 2.45) is 0 Å². The van der Waals surface area contributed by atoms with Crippen LogP contribution in [0, 0.1) is 11.6 Å². The van der Waals surface area contributed by atoms with E-state index in [1.807, 2.05) is 13.0 Å². The van der Waals surface area contributed by atoms with Crippen molar-refractivity contribution >= 4 is 32.6 Å². The number of carbonyl (C=O) groups is 1. The van der Waals surface area contributed by atoms with E-state index in [2.05, 4.69) is 10.3 Å². The maximum atomic E-state index is 13.2. The van der Waals surface area contributed by atoms with Crippen molar-refractivity contribution in [2.45, 2.75) is 6.92 Å². The Kier molecular flexibility index (Phi) is 4.20. The van der Waals surface area contributed by atoms with Crippen molar-refractivity contribution in [3.63, 3.8) is 0 Å². The fraction of sp³-hybridized carbons (Fsp3) is 0.125. The van der Waals surface area contributed by atoms with E-state index in [0.717, 1.165) is 28.1 Å². The number of halogens is 2. The first-order valence-corrected chi connectivity index (χ1v) is 7.68. The lowest BCUT2D eigenvalue weighted by molar-refractivity contribution is 0.102. The van der Waals surface area contributed by atoms with Gasteiger partial charge in [-0.3, -0.25) is 10.1 Å². The second-order valence-electron chi connectivity index (χ2n) is 4.66. The second kappa shape index (κ2) is 6.29. The molecule has 0 aliphatic heterocycles. The summed E-state index contributed by atoms with van der Waals surface area (Å²) in [5.41, 5.74) is 0.747. The summed E-state index contributed by atoms with van der Waals surface area (Å²) in [5.74, 6) is -1.89. The summed E-state index contributed by atoms with van der Waals surface area (Å²) in [6.45, 7) is 2.45. The van der Waals surface area contributed by atoms with Gasteiger partial charge in [-0.25, -0.2) is 13.8 Å². The number of carbonyl (C=O) groups excluding carboxylic acids is 1. The summed E-state index contributed by atoms with van der Waals surface area (Å²) in [6.07, 6.45) is 0. The van der Waals surface area contributed by atoms with E-state index in [4.69, 9.17) is 4.74 Å². The summed E-state index contributed by atoms with van der Waals surface area (Å²) in [5, 5.41) is 2.96. The molecule has 118 valence electrons. The van der Waals surface area contributed by atoms with Gasteiger partial charge in [0, 0.05) is 5.56 Å². The molecule has 0 radical (unpaired) electrons. The molecule has 4 nitrogen and oxygen atoms in total. The Labute approximate surface area is 134 Å². The van der Waals surface area contributed by atoms with E-state index >= 15 is 0 Å². The number of thiazole rings is 1. The summed E-state index contributed by atoms with van der Waals surface area (Å²) < 4.78 is 32.4. The molecule has 0 aliphatic carbocycles. The topological polar surface area (TPSA) is 51.2 Å². The number of nitrogens with one attached hydrogen (secondary N) is 1. The van der Waals surface area contributed by atoms with Gasteiger partial charge >= 0.3 is 0 Å². The van der Waals surface area contributed by atoms with Crippen LogP contribution in [0.15, 0.2) is 36.4 Å². The van der Waals surface area contributed by atoms with E-state index < -0.39 is 17.5 Å². The van der Waals surface area contributed by atoms with Crippen molar-refractivity contribution in [1.82, 2.24) is 4.98 Å². The molecule has 1 heterocycles. The number of rotatable bonds is 4. The van der Waals surface area contributed by atoms with E-state index in [1.165, 1.54) is 17.4 Å². The maximum absolute atomic E-state index is 13.2. The first kappa shape index (κ1) is 15.4. The lowest BCUT2D eigenvalue weighted by Gasteiger charge is -2.01. The molecule has 23 heavy (non-hydrogen) atoms. The third kappa shape index (κ3) is 3.29. The van der Waals surface area contributed by atoms with Crippen molar-refractivity contribution in [1.29, 1.82) is 0 Å². The zero-order valence-electron chi connectivity index (χ0n) is 12.1. The minimum atomic E-state index is -1.07. The molecule has 0 fully saturated rings. The standard InChI is InChI=1S/C16H12F2N2O2S/c1-2-22-10-4-6-13-14(8-10)23-16(19-13)20-15(21)9-3-5-11(17)12(18)7-9/h3-8H,2H2,1H3,(H,19,20,21). The molecule has 1 aromatic heterocycles. The van der Waals surface area contributed by atoms with Crippen LogP contribution >= 0.6 is 11.3 Å². The number of hydrogen-bond donors (Lipinski definition) is 1. The highest BCUT2D eigenvalue weighted by Gasteiger charge is 2.12. The first-order valence-electron chi connectivity index (χ1n) is 6.86. The zero-order chi connectivity index (χ0) is 16.4. The molecule has 2 aromatic carbocycles. The molecular formula is C16H12F2N2O2S. The smallest absolute Gasteiger partial charge is 0.257 e. The van der Waals surface area contributed by atoms with E-state index in [9.17, 15) is 13.6 Å². The normalized spacial score (nSPS) is 10.7. The lowest BCUT2D eigenvalue weighted by atomic mass is 10.2. The van der Waals surface area contributed by atoms with Gasteiger partial charge in [0.1, 0.15) is 5.75 Å². The number of hydrogen-bond acceptors (Lipinski definition) is 4. The average molecular weight is 334 g/mol. The number of amides is 1. The van der Waals surface area contributed by atoms with E-state index in [-0.39, 0.29) is 5.56 Å². The highest BCUT2D eigenvalue weighted by Crippen LogP contribution is 2.29. The van der Waals surface area contributed by atoms with Crippen LogP contribution in [-0.2, 0) is 0 Å². The molecule has 0 atom stereocenters. The van der Waals surface area contributed by atoms with Crippen LogP contribution in [0.5, 0.6) is 5.75 Å². The molecule has 3 rings (SSSR count). The van der Waals surface area contributed by atoms with Gasteiger partial charge in [0.05, 0.1) is 16.8 Å². The van der Waals surface area contributed by atoms with Gasteiger partial charge in [-0.2, -0.15) is 0 Å². The number of ether oxygens (including phenoxy) is 1. The lowest BCUT2D eigenvalue weighted by Crippen LogP contribution is -2.12. The predicted octanol–water partition coefficient (Wildman–Crippen LogP) is 4.23. The highest BCUT2D eigenvalue weighted by atomic mass is 32.1. The van der Waals surface area contributed by atoms with E-state index in [1.54, 1.807) is 12.1 Å². The molecule has 7 heteroatoms. The summed E-state index contributed by atoms with van der Waals surface area (Å²) >= 11 is 1.28. The van der Waals surface area contributed by atoms with Gasteiger partial charge in [0.15, 0.2) is 16.8 Å². The van der Waals surface area contributed by atoms with Crippen LogP contribution in [0.1, 0.15) is 17.3 Å². The monoisotopic (exact) mass is 334 g/mol. The molecular weight excluding hydrogens is 322 g/mol. The highest BCUT2D eigenvalue weighted by molar-refractivity contribution is 7.22. The van der Waals surface area contributed by atoms with Crippen molar-refractivity contribution in [3.05, 3.63) is 53.6 Å². The average Bonchev–Trinajstić information content (AvgIpc) is 2.91. The van der Waals surface area contributed by atoms with Crippen molar-refractivity contribution in [2.75, 3.05) is 11.9 Å². The molecule has 1 amide bonds. The Balaban J connectivity index is 1.82. The quantitative estimate of drug-likeness (QED) is 0.777.